The van der Waals surface area contributed by atoms with E-state index in [1.54, 1.807) is 53.9 Å². The number of amides is 1. The quantitative estimate of drug-likeness (QED) is 0.645. The molecule has 0 spiro atoms. The highest BCUT2D eigenvalue weighted by molar-refractivity contribution is 7.93. The van der Waals surface area contributed by atoms with E-state index in [-0.39, 0.29) is 9.77 Å². The third-order valence-corrected chi connectivity index (χ3v) is 7.30. The van der Waals surface area contributed by atoms with Crippen LogP contribution in [0.4, 0.5) is 11.4 Å². The van der Waals surface area contributed by atoms with Crippen LogP contribution in [0.25, 0.3) is 0 Å². The van der Waals surface area contributed by atoms with Gasteiger partial charge in [-0.05, 0) is 48.2 Å². The molecule has 3 rings (SSSR count). The second kappa shape index (κ2) is 7.72. The highest BCUT2D eigenvalue weighted by Crippen LogP contribution is 2.29. The molecule has 8 heteroatoms. The van der Waals surface area contributed by atoms with E-state index in [0.29, 0.717) is 16.4 Å². The fourth-order valence-corrected chi connectivity index (χ4v) is 5.12. The lowest BCUT2D eigenvalue weighted by Gasteiger charge is -2.19. The average Bonchev–Trinajstić information content (AvgIpc) is 3.16. The van der Waals surface area contributed by atoms with Gasteiger partial charge in [0.25, 0.3) is 15.9 Å². The summed E-state index contributed by atoms with van der Waals surface area (Å²) in [5, 5.41) is 4.82. The number of carbonyl (C=O) groups excluding carboxylic acids is 1. The van der Waals surface area contributed by atoms with Gasteiger partial charge in [-0.3, -0.25) is 9.10 Å². The van der Waals surface area contributed by atoms with Gasteiger partial charge >= 0.3 is 0 Å². The number of nitrogens with zero attached hydrogens (tertiary/aromatic N) is 1. The largest absolute Gasteiger partial charge is 0.321 e. The maximum Gasteiger partial charge on any atom is 0.267 e. The van der Waals surface area contributed by atoms with Crippen molar-refractivity contribution < 1.29 is 13.2 Å². The number of rotatable bonds is 5. The molecule has 0 unspecified atom stereocenters. The van der Waals surface area contributed by atoms with Gasteiger partial charge in [0.2, 0.25) is 0 Å². The van der Waals surface area contributed by atoms with Gasteiger partial charge in [0.15, 0.2) is 0 Å². The van der Waals surface area contributed by atoms with Gasteiger partial charge < -0.3 is 5.32 Å². The molecule has 1 heterocycles. The minimum absolute atomic E-state index is 0.0328. The van der Waals surface area contributed by atoms with Crippen LogP contribution in [-0.2, 0) is 10.0 Å². The van der Waals surface area contributed by atoms with Crippen molar-refractivity contribution in [1.82, 2.24) is 0 Å². The monoisotopic (exact) mass is 420 g/mol. The van der Waals surface area contributed by atoms with Crippen LogP contribution < -0.4 is 9.62 Å². The van der Waals surface area contributed by atoms with Crippen LogP contribution in [0.5, 0.6) is 0 Å². The topological polar surface area (TPSA) is 66.5 Å². The summed E-state index contributed by atoms with van der Waals surface area (Å²) >= 11 is 7.16. The smallest absolute Gasteiger partial charge is 0.267 e. The molecule has 0 atom stereocenters. The second-order valence-electron chi connectivity index (χ2n) is 5.84. The predicted molar refractivity (Wildman–Crippen MR) is 110 cm³/mol. The molecule has 5 nitrogen and oxygen atoms in total. The van der Waals surface area contributed by atoms with Gasteiger partial charge in [-0.1, -0.05) is 35.9 Å². The van der Waals surface area contributed by atoms with E-state index in [0.717, 1.165) is 21.2 Å². The van der Waals surface area contributed by atoms with Crippen LogP contribution in [0.3, 0.4) is 0 Å². The highest BCUT2D eigenvalue weighted by Gasteiger charge is 2.28. The first kappa shape index (κ1) is 19.4. The molecule has 0 bridgehead atoms. The van der Waals surface area contributed by atoms with Crippen LogP contribution in [-0.4, -0.2) is 21.4 Å². The molecule has 0 aliphatic heterocycles. The number of sulfonamides is 1. The summed E-state index contributed by atoms with van der Waals surface area (Å²) in [6.45, 7) is 1.86. The van der Waals surface area contributed by atoms with Crippen molar-refractivity contribution in [3.63, 3.8) is 0 Å². The van der Waals surface area contributed by atoms with Crippen molar-refractivity contribution in [3.8, 4) is 0 Å². The number of anilines is 2. The Balaban J connectivity index is 1.90. The minimum Gasteiger partial charge on any atom is -0.321 e. The molecule has 0 saturated carbocycles. The number of benzene rings is 2. The van der Waals surface area contributed by atoms with E-state index < -0.39 is 15.9 Å². The Morgan fingerprint density at radius 2 is 1.81 bits per heavy atom. The predicted octanol–water partition coefficient (Wildman–Crippen LogP) is 4.79. The Labute approximate surface area is 167 Å². The SMILES string of the molecule is Cc1ccc(NC(=O)c2sccc2S(=O)(=O)N(C)c2ccccc2)cc1Cl. The highest BCUT2D eigenvalue weighted by atomic mass is 35.5. The van der Waals surface area contributed by atoms with E-state index in [1.807, 2.05) is 6.92 Å². The Morgan fingerprint density at radius 3 is 2.48 bits per heavy atom. The molecule has 3 aromatic rings. The molecule has 2 aromatic carbocycles. The molecule has 140 valence electrons. The van der Waals surface area contributed by atoms with Crippen molar-refractivity contribution in [2.45, 2.75) is 11.8 Å². The minimum atomic E-state index is -3.87. The summed E-state index contributed by atoms with van der Waals surface area (Å²) in [6.07, 6.45) is 0. The molecule has 1 N–H and O–H groups in total. The summed E-state index contributed by atoms with van der Waals surface area (Å²) in [5.74, 6) is -0.495. The summed E-state index contributed by atoms with van der Waals surface area (Å²) in [7, 11) is -2.41. The van der Waals surface area contributed by atoms with E-state index >= 15 is 0 Å². The molecule has 0 fully saturated rings. The first-order chi connectivity index (χ1) is 12.8. The Bertz CT molecular complexity index is 1080. The molecule has 0 radical (unpaired) electrons. The van der Waals surface area contributed by atoms with Crippen molar-refractivity contribution >= 4 is 50.2 Å². The Morgan fingerprint density at radius 1 is 1.11 bits per heavy atom. The fourth-order valence-electron chi connectivity index (χ4n) is 2.45. The number of nitrogens with one attached hydrogen (secondary N) is 1. The molecule has 0 aliphatic carbocycles. The van der Waals surface area contributed by atoms with Crippen LogP contribution in [0.1, 0.15) is 15.2 Å². The van der Waals surface area contributed by atoms with Gasteiger partial charge in [0.05, 0.1) is 5.69 Å². The summed E-state index contributed by atoms with van der Waals surface area (Å²) in [4.78, 5) is 12.8. The van der Waals surface area contributed by atoms with E-state index in [1.165, 1.54) is 13.1 Å². The van der Waals surface area contributed by atoms with Crippen molar-refractivity contribution in [3.05, 3.63) is 75.4 Å². The van der Waals surface area contributed by atoms with Gasteiger partial charge in [-0.25, -0.2) is 8.42 Å². The van der Waals surface area contributed by atoms with Crippen LogP contribution in [0.15, 0.2) is 64.9 Å². The van der Waals surface area contributed by atoms with E-state index in [9.17, 15) is 13.2 Å². The molecule has 1 aromatic heterocycles. The fraction of sp³-hybridized carbons (Fsp3) is 0.105. The zero-order chi connectivity index (χ0) is 19.6. The number of hydrogen-bond donors (Lipinski definition) is 1. The summed E-state index contributed by atoms with van der Waals surface area (Å²) in [6, 6.07) is 15.3. The average molecular weight is 421 g/mol. The van der Waals surface area contributed by atoms with Gasteiger partial charge in [0, 0.05) is 17.8 Å². The zero-order valence-electron chi connectivity index (χ0n) is 14.6. The standard InChI is InChI=1S/C19H17ClN2O3S2/c1-13-8-9-14(12-16(13)20)21-19(23)18-17(10-11-26-18)27(24,25)22(2)15-6-4-3-5-7-15/h3-12H,1-2H3,(H,21,23). The molecular weight excluding hydrogens is 404 g/mol. The van der Waals surface area contributed by atoms with E-state index in [4.69, 9.17) is 11.6 Å². The van der Waals surface area contributed by atoms with Crippen LogP contribution >= 0.6 is 22.9 Å². The normalized spacial score (nSPS) is 11.2. The van der Waals surface area contributed by atoms with Gasteiger partial charge in [0.1, 0.15) is 9.77 Å². The Kier molecular flexibility index (Phi) is 5.55. The molecule has 0 aliphatic rings. The van der Waals surface area contributed by atoms with Gasteiger partial charge in [-0.2, -0.15) is 0 Å². The molecular formula is C19H17ClN2O3S2. The van der Waals surface area contributed by atoms with Crippen LogP contribution in [0, 0.1) is 6.92 Å². The maximum atomic E-state index is 13.0. The number of para-hydroxylation sites is 1. The van der Waals surface area contributed by atoms with Crippen LogP contribution in [0.2, 0.25) is 5.02 Å². The van der Waals surface area contributed by atoms with Crippen molar-refractivity contribution in [2.24, 2.45) is 0 Å². The maximum absolute atomic E-state index is 13.0. The lowest BCUT2D eigenvalue weighted by molar-refractivity contribution is 0.102. The third kappa shape index (κ3) is 4.00. The molecule has 1 amide bonds. The number of carbonyl (C=O) groups is 1. The first-order valence-corrected chi connectivity index (χ1v) is 10.7. The number of halogens is 1. The molecule has 27 heavy (non-hydrogen) atoms. The van der Waals surface area contributed by atoms with Gasteiger partial charge in [-0.15, -0.1) is 11.3 Å². The summed E-state index contributed by atoms with van der Waals surface area (Å²) < 4.78 is 27.2. The lowest BCUT2D eigenvalue weighted by atomic mass is 10.2. The molecule has 0 saturated heterocycles. The van der Waals surface area contributed by atoms with Crippen molar-refractivity contribution in [1.29, 1.82) is 0 Å². The third-order valence-electron chi connectivity index (χ3n) is 4.02. The second-order valence-corrected chi connectivity index (χ2v) is 9.10. The Hall–Kier alpha value is -2.35. The van der Waals surface area contributed by atoms with Crippen molar-refractivity contribution in [2.75, 3.05) is 16.7 Å². The first-order valence-electron chi connectivity index (χ1n) is 7.99. The summed E-state index contributed by atoms with van der Waals surface area (Å²) in [5.41, 5.74) is 1.91. The number of hydrogen-bond acceptors (Lipinski definition) is 4. The number of thiophene rings is 1. The number of aryl methyl sites for hydroxylation is 1. The lowest BCUT2D eigenvalue weighted by Crippen LogP contribution is -2.28. The zero-order valence-corrected chi connectivity index (χ0v) is 17.0. The van der Waals surface area contributed by atoms with E-state index in [2.05, 4.69) is 5.32 Å².